The Kier molecular flexibility index (Phi) is 3.66. The number of hydrogen-bond acceptors (Lipinski definition) is 2. The van der Waals surface area contributed by atoms with Gasteiger partial charge in [-0.15, -0.1) is 0 Å². The Morgan fingerprint density at radius 2 is 2.24 bits per heavy atom. The number of hydrogen-bond donors (Lipinski definition) is 1. The lowest BCUT2D eigenvalue weighted by molar-refractivity contribution is -0.149. The van der Waals surface area contributed by atoms with Crippen molar-refractivity contribution in [1.29, 1.82) is 0 Å². The van der Waals surface area contributed by atoms with Crippen LogP contribution < -0.4 is 0 Å². The van der Waals surface area contributed by atoms with E-state index in [1.807, 2.05) is 12.1 Å². The highest BCUT2D eigenvalue weighted by Crippen LogP contribution is 2.48. The predicted octanol–water partition coefficient (Wildman–Crippen LogP) is 2.60. The summed E-state index contributed by atoms with van der Waals surface area (Å²) in [5, 5.41) is 10.2. The van der Waals surface area contributed by atoms with Crippen LogP contribution in [0.4, 0.5) is 0 Å². The molecule has 0 spiro atoms. The summed E-state index contributed by atoms with van der Waals surface area (Å²) in [5.41, 5.74) is 0.165. The number of amides is 1. The third-order valence-electron chi connectivity index (χ3n) is 4.89. The predicted molar refractivity (Wildman–Crippen MR) is 79.1 cm³/mol. The molecule has 21 heavy (non-hydrogen) atoms. The first kappa shape index (κ1) is 14.4. The van der Waals surface area contributed by atoms with Crippen LogP contribution in [0.5, 0.6) is 0 Å². The van der Waals surface area contributed by atoms with Crippen molar-refractivity contribution >= 4 is 23.5 Å². The molecule has 1 N–H and O–H groups in total. The van der Waals surface area contributed by atoms with Crippen LogP contribution in [0.25, 0.3) is 0 Å². The van der Waals surface area contributed by atoms with E-state index in [0.29, 0.717) is 24.5 Å². The van der Waals surface area contributed by atoms with Crippen LogP contribution in [0, 0.1) is 11.3 Å². The van der Waals surface area contributed by atoms with Crippen LogP contribution in [-0.4, -0.2) is 35.0 Å². The van der Waals surface area contributed by atoms with Crippen molar-refractivity contribution in [1.82, 2.24) is 4.90 Å². The molecule has 1 aliphatic heterocycles. The molecule has 2 fully saturated rings. The maximum absolute atomic E-state index is 12.4. The van der Waals surface area contributed by atoms with Gasteiger partial charge in [0.2, 0.25) is 5.91 Å². The molecule has 1 amide bonds. The Balaban J connectivity index is 1.71. The van der Waals surface area contributed by atoms with E-state index in [2.05, 4.69) is 0 Å². The summed E-state index contributed by atoms with van der Waals surface area (Å²) in [6, 6.07) is 7.24. The molecule has 4 nitrogen and oxygen atoms in total. The molecule has 2 atom stereocenters. The molecule has 1 saturated carbocycles. The van der Waals surface area contributed by atoms with Crippen LogP contribution in [0.3, 0.4) is 0 Å². The number of carboxylic acid groups (broad SMARTS) is 1. The molecule has 1 saturated heterocycles. The van der Waals surface area contributed by atoms with Crippen molar-refractivity contribution in [2.45, 2.75) is 25.7 Å². The summed E-state index contributed by atoms with van der Waals surface area (Å²) >= 11 is 5.93. The number of benzene rings is 1. The fourth-order valence-electron chi connectivity index (χ4n) is 3.76. The molecule has 1 aromatic carbocycles. The van der Waals surface area contributed by atoms with E-state index in [0.717, 1.165) is 18.4 Å². The summed E-state index contributed by atoms with van der Waals surface area (Å²) in [6.45, 7) is 0.929. The third-order valence-corrected chi connectivity index (χ3v) is 5.13. The van der Waals surface area contributed by atoms with Gasteiger partial charge in [0.15, 0.2) is 0 Å². The first-order valence-electron chi connectivity index (χ1n) is 7.27. The lowest BCUT2D eigenvalue weighted by atomic mass is 9.81. The van der Waals surface area contributed by atoms with Gasteiger partial charge in [-0.2, -0.15) is 0 Å². The topological polar surface area (TPSA) is 57.6 Å². The summed E-state index contributed by atoms with van der Waals surface area (Å²) in [5.74, 6) is -0.645. The van der Waals surface area contributed by atoms with Crippen molar-refractivity contribution in [2.75, 3.05) is 13.1 Å². The van der Waals surface area contributed by atoms with Gasteiger partial charge in [-0.1, -0.05) is 30.2 Å². The maximum atomic E-state index is 12.4. The van der Waals surface area contributed by atoms with Gasteiger partial charge in [-0.05, 0) is 36.5 Å². The van der Waals surface area contributed by atoms with Crippen molar-refractivity contribution in [3.8, 4) is 0 Å². The molecule has 0 bridgehead atoms. The Hall–Kier alpha value is -1.55. The van der Waals surface area contributed by atoms with Crippen LogP contribution in [0.15, 0.2) is 24.3 Å². The Labute approximate surface area is 128 Å². The van der Waals surface area contributed by atoms with E-state index >= 15 is 0 Å². The molecule has 0 unspecified atom stereocenters. The number of carbonyl (C=O) groups excluding carboxylic acids is 1. The molecule has 2 aliphatic rings. The number of carboxylic acids is 1. The minimum absolute atomic E-state index is 0.00714. The second-order valence-corrected chi connectivity index (χ2v) is 6.57. The molecule has 0 aromatic heterocycles. The highest BCUT2D eigenvalue weighted by Gasteiger charge is 2.55. The smallest absolute Gasteiger partial charge is 0.311 e. The molecule has 1 aliphatic carbocycles. The van der Waals surface area contributed by atoms with Gasteiger partial charge in [0.05, 0.1) is 11.8 Å². The summed E-state index contributed by atoms with van der Waals surface area (Å²) in [7, 11) is 0. The first-order valence-corrected chi connectivity index (χ1v) is 7.65. The maximum Gasteiger partial charge on any atom is 0.311 e. The lowest BCUT2D eigenvalue weighted by Crippen LogP contribution is -2.37. The Morgan fingerprint density at radius 3 is 2.90 bits per heavy atom. The van der Waals surface area contributed by atoms with Gasteiger partial charge >= 0.3 is 5.97 Å². The zero-order valence-corrected chi connectivity index (χ0v) is 12.5. The number of rotatable bonds is 3. The number of carbonyl (C=O) groups is 2. The summed E-state index contributed by atoms with van der Waals surface area (Å²) < 4.78 is 0. The zero-order valence-electron chi connectivity index (χ0n) is 11.7. The monoisotopic (exact) mass is 307 g/mol. The second kappa shape index (κ2) is 5.34. The average Bonchev–Trinajstić information content (AvgIpc) is 2.95. The van der Waals surface area contributed by atoms with Crippen molar-refractivity contribution in [3.05, 3.63) is 34.9 Å². The number of halogens is 1. The average molecular weight is 308 g/mol. The minimum atomic E-state index is -0.747. The van der Waals surface area contributed by atoms with E-state index in [4.69, 9.17) is 11.6 Å². The van der Waals surface area contributed by atoms with E-state index in [1.54, 1.807) is 17.0 Å². The van der Waals surface area contributed by atoms with Gasteiger partial charge in [0.1, 0.15) is 0 Å². The van der Waals surface area contributed by atoms with Gasteiger partial charge in [0.25, 0.3) is 0 Å². The quantitative estimate of drug-likeness (QED) is 0.934. The first-order chi connectivity index (χ1) is 10.0. The van der Waals surface area contributed by atoms with Crippen LogP contribution in [0.2, 0.25) is 5.02 Å². The number of fused-ring (bicyclic) bond motifs is 1. The number of aliphatic carboxylic acids is 1. The second-order valence-electron chi connectivity index (χ2n) is 6.13. The van der Waals surface area contributed by atoms with Gasteiger partial charge in [0, 0.05) is 18.1 Å². The fraction of sp³-hybridized carbons (Fsp3) is 0.500. The molecular formula is C16H18ClNO3. The molecule has 0 radical (unpaired) electrons. The molecule has 3 rings (SSSR count). The Bertz CT molecular complexity index is 589. The van der Waals surface area contributed by atoms with Crippen LogP contribution in [-0.2, 0) is 16.0 Å². The van der Waals surface area contributed by atoms with E-state index in [1.165, 1.54) is 0 Å². The summed E-state index contributed by atoms with van der Waals surface area (Å²) in [4.78, 5) is 25.8. The highest BCUT2D eigenvalue weighted by molar-refractivity contribution is 6.30. The molecule has 1 aromatic rings. The van der Waals surface area contributed by atoms with E-state index in [-0.39, 0.29) is 18.2 Å². The van der Waals surface area contributed by atoms with Crippen molar-refractivity contribution < 1.29 is 14.7 Å². The van der Waals surface area contributed by atoms with Gasteiger partial charge in [-0.25, -0.2) is 0 Å². The van der Waals surface area contributed by atoms with Crippen LogP contribution >= 0.6 is 11.6 Å². The summed E-state index contributed by atoms with van der Waals surface area (Å²) in [6.07, 6.45) is 2.83. The van der Waals surface area contributed by atoms with Gasteiger partial charge in [-0.3, -0.25) is 9.59 Å². The molecule has 112 valence electrons. The van der Waals surface area contributed by atoms with Crippen molar-refractivity contribution in [3.63, 3.8) is 0 Å². The van der Waals surface area contributed by atoms with E-state index in [9.17, 15) is 14.7 Å². The van der Waals surface area contributed by atoms with Crippen LogP contribution in [0.1, 0.15) is 24.8 Å². The minimum Gasteiger partial charge on any atom is -0.481 e. The third kappa shape index (κ3) is 2.53. The van der Waals surface area contributed by atoms with E-state index < -0.39 is 11.4 Å². The normalized spacial score (nSPS) is 27.7. The largest absolute Gasteiger partial charge is 0.481 e. The molecule has 1 heterocycles. The number of likely N-dealkylation sites (tertiary alicyclic amines) is 1. The zero-order chi connectivity index (χ0) is 15.0. The standard InChI is InChI=1S/C16H18ClNO3/c17-13-5-1-3-11(7-13)8-14(19)18-9-12-4-2-6-16(12,10-18)15(20)21/h1,3,5,7,12H,2,4,6,8-10H2,(H,20,21)/t12-,16+/m0/s1. The number of nitrogens with zero attached hydrogens (tertiary/aromatic N) is 1. The van der Waals surface area contributed by atoms with Crippen molar-refractivity contribution in [2.24, 2.45) is 11.3 Å². The lowest BCUT2D eigenvalue weighted by Gasteiger charge is -2.23. The fourth-order valence-corrected chi connectivity index (χ4v) is 3.98. The molecule has 5 heteroatoms. The highest BCUT2D eigenvalue weighted by atomic mass is 35.5. The SMILES string of the molecule is O=C(Cc1cccc(Cl)c1)N1C[C@@H]2CCC[C@@]2(C(=O)O)C1. The van der Waals surface area contributed by atoms with Gasteiger partial charge < -0.3 is 10.0 Å². The Morgan fingerprint density at radius 1 is 1.43 bits per heavy atom. The molecular weight excluding hydrogens is 290 g/mol.